The number of rotatable bonds is 2. The number of likely N-dealkylation sites (tertiary alicyclic amines) is 1. The largest absolute Gasteiger partial charge is 0.349 e. The van der Waals surface area contributed by atoms with Crippen LogP contribution >= 0.6 is 12.2 Å². The van der Waals surface area contributed by atoms with Crippen molar-refractivity contribution in [3.05, 3.63) is 71.3 Å². The SMILES string of the molecule is Cc1ccc(C2=CC3(CCN(C(=S)Nc4ccc(C(C)(C)C)cc4)CC3)ON2)cc1. The van der Waals surface area contributed by atoms with Crippen LogP contribution in [-0.4, -0.2) is 28.7 Å². The van der Waals surface area contributed by atoms with Crippen LogP contribution in [0.4, 0.5) is 5.69 Å². The van der Waals surface area contributed by atoms with E-state index in [9.17, 15) is 0 Å². The summed E-state index contributed by atoms with van der Waals surface area (Å²) < 4.78 is 0. The van der Waals surface area contributed by atoms with Crippen molar-refractivity contribution in [2.75, 3.05) is 18.4 Å². The van der Waals surface area contributed by atoms with Crippen LogP contribution in [0, 0.1) is 6.92 Å². The van der Waals surface area contributed by atoms with E-state index in [4.69, 9.17) is 17.1 Å². The summed E-state index contributed by atoms with van der Waals surface area (Å²) in [6.45, 7) is 10.5. The Morgan fingerprint density at radius 1 is 1.03 bits per heavy atom. The summed E-state index contributed by atoms with van der Waals surface area (Å²) in [5.74, 6) is 0. The second-order valence-corrected chi connectivity index (χ2v) is 9.82. The molecule has 30 heavy (non-hydrogen) atoms. The molecule has 1 saturated heterocycles. The zero-order valence-corrected chi connectivity index (χ0v) is 19.1. The fourth-order valence-corrected chi connectivity index (χ4v) is 4.25. The van der Waals surface area contributed by atoms with Gasteiger partial charge in [0.05, 0.1) is 5.70 Å². The molecular weight excluding hydrogens is 390 g/mol. The topological polar surface area (TPSA) is 36.5 Å². The van der Waals surface area contributed by atoms with E-state index >= 15 is 0 Å². The van der Waals surface area contributed by atoms with E-state index in [1.807, 2.05) is 0 Å². The molecule has 1 fully saturated rings. The second-order valence-electron chi connectivity index (χ2n) is 9.44. The number of anilines is 1. The van der Waals surface area contributed by atoms with Gasteiger partial charge in [-0.3, -0.25) is 10.3 Å². The Morgan fingerprint density at radius 2 is 1.67 bits per heavy atom. The first kappa shape index (κ1) is 20.9. The summed E-state index contributed by atoms with van der Waals surface area (Å²) in [5.41, 5.74) is 8.89. The van der Waals surface area contributed by atoms with Gasteiger partial charge in [-0.25, -0.2) is 0 Å². The normalized spacial score (nSPS) is 18.1. The van der Waals surface area contributed by atoms with Crippen LogP contribution in [0.1, 0.15) is 50.3 Å². The van der Waals surface area contributed by atoms with Crippen molar-refractivity contribution in [1.82, 2.24) is 10.4 Å². The lowest BCUT2D eigenvalue weighted by Gasteiger charge is -2.38. The average molecular weight is 422 g/mol. The zero-order valence-electron chi connectivity index (χ0n) is 18.3. The number of nitrogens with one attached hydrogen (secondary N) is 2. The summed E-state index contributed by atoms with van der Waals surface area (Å²) >= 11 is 5.68. The highest BCUT2D eigenvalue weighted by Crippen LogP contribution is 2.35. The monoisotopic (exact) mass is 421 g/mol. The number of nitrogens with zero attached hydrogens (tertiary/aromatic N) is 1. The van der Waals surface area contributed by atoms with Gasteiger partial charge in [-0.05, 0) is 53.9 Å². The Morgan fingerprint density at radius 3 is 2.27 bits per heavy atom. The first-order chi connectivity index (χ1) is 14.2. The molecule has 4 nitrogen and oxygen atoms in total. The zero-order chi connectivity index (χ0) is 21.4. The van der Waals surface area contributed by atoms with Gasteiger partial charge in [-0.15, -0.1) is 0 Å². The summed E-state index contributed by atoms with van der Waals surface area (Å²) in [6, 6.07) is 17.1. The van der Waals surface area contributed by atoms with Crippen LogP contribution in [0.15, 0.2) is 54.6 Å². The molecule has 0 amide bonds. The molecule has 2 aliphatic heterocycles. The molecule has 1 spiro atoms. The van der Waals surface area contributed by atoms with Gasteiger partial charge in [0.2, 0.25) is 0 Å². The van der Waals surface area contributed by atoms with Crippen LogP contribution in [0.3, 0.4) is 0 Å². The smallest absolute Gasteiger partial charge is 0.173 e. The third-order valence-electron chi connectivity index (χ3n) is 6.03. The quantitative estimate of drug-likeness (QED) is 0.635. The molecular formula is C25H31N3OS. The Kier molecular flexibility index (Phi) is 5.60. The summed E-state index contributed by atoms with van der Waals surface area (Å²) in [4.78, 5) is 8.27. The molecule has 2 heterocycles. The lowest BCUT2D eigenvalue weighted by molar-refractivity contribution is -0.0615. The number of benzene rings is 2. The molecule has 0 radical (unpaired) electrons. The molecule has 0 saturated carbocycles. The Balaban J connectivity index is 1.35. The fraction of sp³-hybridized carbons (Fsp3) is 0.400. The predicted octanol–water partition coefficient (Wildman–Crippen LogP) is 5.40. The Hall–Kier alpha value is -2.37. The van der Waals surface area contributed by atoms with E-state index in [-0.39, 0.29) is 11.0 Å². The lowest BCUT2D eigenvalue weighted by Crippen LogP contribution is -2.48. The predicted molar refractivity (Wildman–Crippen MR) is 128 cm³/mol. The first-order valence-electron chi connectivity index (χ1n) is 10.6. The van der Waals surface area contributed by atoms with Gasteiger partial charge in [0, 0.05) is 31.6 Å². The molecule has 0 atom stereocenters. The maximum atomic E-state index is 6.04. The lowest BCUT2D eigenvalue weighted by atomic mass is 9.87. The Bertz CT molecular complexity index is 934. The van der Waals surface area contributed by atoms with Crippen molar-refractivity contribution >= 4 is 28.7 Å². The van der Waals surface area contributed by atoms with Gasteiger partial charge in [-0.2, -0.15) is 0 Å². The van der Waals surface area contributed by atoms with Crippen molar-refractivity contribution in [2.24, 2.45) is 0 Å². The third-order valence-corrected chi connectivity index (χ3v) is 6.39. The molecule has 2 aliphatic rings. The highest BCUT2D eigenvalue weighted by Gasteiger charge is 2.39. The van der Waals surface area contributed by atoms with E-state index in [1.54, 1.807) is 0 Å². The molecule has 0 bridgehead atoms. The van der Waals surface area contributed by atoms with Crippen LogP contribution in [0.25, 0.3) is 5.70 Å². The van der Waals surface area contributed by atoms with Gasteiger partial charge >= 0.3 is 0 Å². The number of thiocarbonyl (C=S) groups is 1. The maximum absolute atomic E-state index is 6.04. The van der Waals surface area contributed by atoms with Crippen LogP contribution < -0.4 is 10.8 Å². The molecule has 158 valence electrons. The molecule has 2 N–H and O–H groups in total. The second kappa shape index (κ2) is 8.05. The molecule has 0 aliphatic carbocycles. The number of hydrogen-bond donors (Lipinski definition) is 2. The van der Waals surface area contributed by atoms with Crippen LogP contribution in [0.2, 0.25) is 0 Å². The molecule has 4 rings (SSSR count). The molecule has 2 aromatic rings. The van der Waals surface area contributed by atoms with Gasteiger partial charge in [-0.1, -0.05) is 62.7 Å². The van der Waals surface area contributed by atoms with Crippen LogP contribution in [-0.2, 0) is 10.3 Å². The van der Waals surface area contributed by atoms with Gasteiger partial charge in [0.1, 0.15) is 5.60 Å². The third kappa shape index (κ3) is 4.52. The van der Waals surface area contributed by atoms with Crippen molar-refractivity contribution in [3.8, 4) is 0 Å². The highest BCUT2D eigenvalue weighted by molar-refractivity contribution is 7.80. The average Bonchev–Trinajstić information content (AvgIpc) is 3.12. The van der Waals surface area contributed by atoms with E-state index in [0.29, 0.717) is 0 Å². The van der Waals surface area contributed by atoms with Crippen molar-refractivity contribution < 1.29 is 4.84 Å². The summed E-state index contributed by atoms with van der Waals surface area (Å²) in [7, 11) is 0. The molecule has 0 unspecified atom stereocenters. The summed E-state index contributed by atoms with van der Waals surface area (Å²) in [6.07, 6.45) is 4.05. The number of piperidine rings is 1. The minimum absolute atomic E-state index is 0.153. The standard InChI is InChI=1S/C25H31N3OS/c1-18-5-7-19(8-6-18)22-17-25(29-27-22)13-15-28(16-14-25)23(30)26-21-11-9-20(10-12-21)24(2,3)4/h5-12,17,27H,13-16H2,1-4H3,(H,26,30). The highest BCUT2D eigenvalue weighted by atomic mass is 32.1. The molecule has 5 heteroatoms. The maximum Gasteiger partial charge on any atom is 0.173 e. The van der Waals surface area contributed by atoms with Crippen molar-refractivity contribution in [1.29, 1.82) is 0 Å². The van der Waals surface area contributed by atoms with E-state index in [2.05, 4.69) is 98.0 Å². The van der Waals surface area contributed by atoms with Crippen molar-refractivity contribution in [2.45, 2.75) is 51.6 Å². The fourth-order valence-electron chi connectivity index (χ4n) is 3.94. The first-order valence-corrected chi connectivity index (χ1v) is 11.1. The molecule has 0 aromatic heterocycles. The van der Waals surface area contributed by atoms with E-state index < -0.39 is 0 Å². The minimum atomic E-state index is -0.249. The van der Waals surface area contributed by atoms with E-state index in [0.717, 1.165) is 48.0 Å². The van der Waals surface area contributed by atoms with E-state index in [1.165, 1.54) is 11.1 Å². The van der Waals surface area contributed by atoms with Crippen molar-refractivity contribution in [3.63, 3.8) is 0 Å². The van der Waals surface area contributed by atoms with Gasteiger partial charge < -0.3 is 10.2 Å². The van der Waals surface area contributed by atoms with Gasteiger partial charge in [0.25, 0.3) is 0 Å². The minimum Gasteiger partial charge on any atom is -0.349 e. The summed E-state index contributed by atoms with van der Waals surface area (Å²) in [5, 5.41) is 4.17. The molecule has 2 aromatic carbocycles. The van der Waals surface area contributed by atoms with Crippen LogP contribution in [0.5, 0.6) is 0 Å². The van der Waals surface area contributed by atoms with Gasteiger partial charge in [0.15, 0.2) is 5.11 Å². The number of hydrogen-bond acceptors (Lipinski definition) is 3. The number of hydroxylamine groups is 1. The Labute approximate surface area is 185 Å². The number of aryl methyl sites for hydroxylation is 1.